The SMILES string of the molecule is O=C(CNC(=O)c1ccccc1Cl)Nc1ccc(OCC(F)(F)F)nc1. The lowest BCUT2D eigenvalue weighted by molar-refractivity contribution is -0.154. The highest BCUT2D eigenvalue weighted by molar-refractivity contribution is 6.33. The number of anilines is 1. The second-order valence-corrected chi connectivity index (χ2v) is 5.41. The van der Waals surface area contributed by atoms with Crippen LogP contribution in [-0.2, 0) is 4.79 Å². The summed E-state index contributed by atoms with van der Waals surface area (Å²) < 4.78 is 40.6. The summed E-state index contributed by atoms with van der Waals surface area (Å²) >= 11 is 5.88. The molecule has 0 aliphatic carbocycles. The minimum absolute atomic E-state index is 0.229. The standard InChI is InChI=1S/C16H13ClF3N3O3/c17-12-4-2-1-3-11(12)15(25)22-8-13(24)23-10-5-6-14(21-7-10)26-9-16(18,19)20/h1-7H,8-9H2,(H,22,25)(H,23,24). The van der Waals surface area contributed by atoms with Gasteiger partial charge in [-0.25, -0.2) is 4.98 Å². The summed E-state index contributed by atoms with van der Waals surface area (Å²) in [5.41, 5.74) is 0.469. The van der Waals surface area contributed by atoms with Crippen LogP contribution in [0.4, 0.5) is 18.9 Å². The minimum Gasteiger partial charge on any atom is -0.468 e. The summed E-state index contributed by atoms with van der Waals surface area (Å²) in [6.45, 7) is -1.78. The van der Waals surface area contributed by atoms with Gasteiger partial charge in [-0.3, -0.25) is 9.59 Å². The van der Waals surface area contributed by atoms with Crippen molar-refractivity contribution in [2.24, 2.45) is 0 Å². The summed E-state index contributed by atoms with van der Waals surface area (Å²) in [4.78, 5) is 27.4. The van der Waals surface area contributed by atoms with Crippen LogP contribution in [0.25, 0.3) is 0 Å². The summed E-state index contributed by atoms with van der Waals surface area (Å²) in [6, 6.07) is 8.87. The molecule has 0 aliphatic rings. The first kappa shape index (κ1) is 19.5. The minimum atomic E-state index is -4.46. The maximum absolute atomic E-state index is 12.0. The number of rotatable bonds is 6. The Balaban J connectivity index is 1.82. The molecule has 0 aliphatic heterocycles. The first-order valence-corrected chi connectivity index (χ1v) is 7.60. The summed E-state index contributed by atoms with van der Waals surface area (Å²) in [5, 5.41) is 5.09. The Morgan fingerprint density at radius 2 is 1.88 bits per heavy atom. The quantitative estimate of drug-likeness (QED) is 0.798. The van der Waals surface area contributed by atoms with Crippen molar-refractivity contribution in [2.45, 2.75) is 6.18 Å². The fourth-order valence-corrected chi connectivity index (χ4v) is 2.02. The first-order chi connectivity index (χ1) is 12.2. The Labute approximate surface area is 151 Å². The van der Waals surface area contributed by atoms with Gasteiger partial charge in [0.25, 0.3) is 5.91 Å². The van der Waals surface area contributed by atoms with Crippen molar-refractivity contribution in [3.8, 4) is 5.88 Å². The van der Waals surface area contributed by atoms with Crippen molar-refractivity contribution in [1.29, 1.82) is 0 Å². The molecular weight excluding hydrogens is 375 g/mol. The lowest BCUT2D eigenvalue weighted by Crippen LogP contribution is -2.33. The number of aromatic nitrogens is 1. The molecule has 2 rings (SSSR count). The average molecular weight is 388 g/mol. The van der Waals surface area contributed by atoms with E-state index in [9.17, 15) is 22.8 Å². The van der Waals surface area contributed by atoms with E-state index < -0.39 is 24.6 Å². The van der Waals surface area contributed by atoms with Crippen molar-refractivity contribution in [3.05, 3.63) is 53.2 Å². The third-order valence-corrected chi connectivity index (χ3v) is 3.26. The maximum atomic E-state index is 12.0. The summed E-state index contributed by atoms with van der Waals surface area (Å²) in [7, 11) is 0. The van der Waals surface area contributed by atoms with E-state index in [1.54, 1.807) is 18.2 Å². The van der Waals surface area contributed by atoms with Gasteiger partial charge in [0.2, 0.25) is 11.8 Å². The molecular formula is C16H13ClF3N3O3. The van der Waals surface area contributed by atoms with Crippen LogP contribution in [0.5, 0.6) is 5.88 Å². The van der Waals surface area contributed by atoms with Gasteiger partial charge < -0.3 is 15.4 Å². The average Bonchev–Trinajstić information content (AvgIpc) is 2.59. The molecule has 0 unspecified atom stereocenters. The number of nitrogens with zero attached hydrogens (tertiary/aromatic N) is 1. The number of ether oxygens (including phenoxy) is 1. The highest BCUT2D eigenvalue weighted by Crippen LogP contribution is 2.18. The van der Waals surface area contributed by atoms with Crippen molar-refractivity contribution in [2.75, 3.05) is 18.5 Å². The van der Waals surface area contributed by atoms with Gasteiger partial charge >= 0.3 is 6.18 Å². The normalized spacial score (nSPS) is 10.9. The van der Waals surface area contributed by atoms with E-state index in [4.69, 9.17) is 11.6 Å². The molecule has 1 heterocycles. The lowest BCUT2D eigenvalue weighted by atomic mass is 10.2. The van der Waals surface area contributed by atoms with E-state index in [0.29, 0.717) is 0 Å². The van der Waals surface area contributed by atoms with E-state index in [1.807, 2.05) is 0 Å². The zero-order valence-corrected chi connectivity index (χ0v) is 13.9. The van der Waals surface area contributed by atoms with Crippen LogP contribution in [0, 0.1) is 0 Å². The molecule has 6 nitrogen and oxygen atoms in total. The summed E-state index contributed by atoms with van der Waals surface area (Å²) in [5.74, 6) is -1.29. The first-order valence-electron chi connectivity index (χ1n) is 7.23. The van der Waals surface area contributed by atoms with Crippen molar-refractivity contribution in [1.82, 2.24) is 10.3 Å². The van der Waals surface area contributed by atoms with Crippen LogP contribution in [0.3, 0.4) is 0 Å². The number of halogens is 4. The van der Waals surface area contributed by atoms with Gasteiger partial charge in [-0.15, -0.1) is 0 Å². The van der Waals surface area contributed by atoms with Gasteiger partial charge in [0, 0.05) is 6.07 Å². The molecule has 0 radical (unpaired) electrons. The Kier molecular flexibility index (Phi) is 6.40. The van der Waals surface area contributed by atoms with Gasteiger partial charge in [0.05, 0.1) is 29.0 Å². The number of alkyl halides is 3. The Hall–Kier alpha value is -2.81. The Morgan fingerprint density at radius 3 is 2.50 bits per heavy atom. The third-order valence-electron chi connectivity index (χ3n) is 2.93. The van der Waals surface area contributed by atoms with Crippen molar-refractivity contribution in [3.63, 3.8) is 0 Å². The van der Waals surface area contributed by atoms with E-state index >= 15 is 0 Å². The highest BCUT2D eigenvalue weighted by atomic mass is 35.5. The number of benzene rings is 1. The van der Waals surface area contributed by atoms with Gasteiger partial charge in [0.15, 0.2) is 6.61 Å². The van der Waals surface area contributed by atoms with E-state index in [1.165, 1.54) is 18.2 Å². The van der Waals surface area contributed by atoms with Crippen LogP contribution in [-0.4, -0.2) is 36.1 Å². The molecule has 0 saturated carbocycles. The zero-order valence-electron chi connectivity index (χ0n) is 13.1. The Morgan fingerprint density at radius 1 is 1.15 bits per heavy atom. The van der Waals surface area contributed by atoms with Gasteiger partial charge in [-0.1, -0.05) is 23.7 Å². The monoisotopic (exact) mass is 387 g/mol. The molecule has 0 fully saturated rings. The second kappa shape index (κ2) is 8.52. The topological polar surface area (TPSA) is 80.3 Å². The van der Waals surface area contributed by atoms with Gasteiger partial charge in [0.1, 0.15) is 0 Å². The van der Waals surface area contributed by atoms with Crippen LogP contribution < -0.4 is 15.4 Å². The van der Waals surface area contributed by atoms with E-state index in [2.05, 4.69) is 20.4 Å². The molecule has 2 N–H and O–H groups in total. The third kappa shape index (κ3) is 6.25. The number of carbonyl (C=O) groups excluding carboxylic acids is 2. The molecule has 2 aromatic rings. The van der Waals surface area contributed by atoms with Crippen LogP contribution in [0.2, 0.25) is 5.02 Å². The molecule has 0 saturated heterocycles. The van der Waals surface area contributed by atoms with Crippen LogP contribution in [0.15, 0.2) is 42.6 Å². The number of hydrogen-bond acceptors (Lipinski definition) is 4. The number of carbonyl (C=O) groups is 2. The maximum Gasteiger partial charge on any atom is 0.422 e. The lowest BCUT2D eigenvalue weighted by Gasteiger charge is -2.10. The van der Waals surface area contributed by atoms with E-state index in [0.717, 1.165) is 6.20 Å². The highest BCUT2D eigenvalue weighted by Gasteiger charge is 2.28. The number of pyridine rings is 1. The van der Waals surface area contributed by atoms with Crippen LogP contribution >= 0.6 is 11.6 Å². The fourth-order valence-electron chi connectivity index (χ4n) is 1.80. The number of hydrogen-bond donors (Lipinski definition) is 2. The predicted octanol–water partition coefficient (Wildman–Crippen LogP) is 3.04. The predicted molar refractivity (Wildman–Crippen MR) is 88.2 cm³/mol. The molecule has 1 aromatic heterocycles. The molecule has 138 valence electrons. The molecule has 0 bridgehead atoms. The van der Waals surface area contributed by atoms with Crippen LogP contribution in [0.1, 0.15) is 10.4 Å². The molecule has 0 atom stereocenters. The van der Waals surface area contributed by atoms with Crippen molar-refractivity contribution >= 4 is 29.1 Å². The number of amides is 2. The molecule has 26 heavy (non-hydrogen) atoms. The van der Waals surface area contributed by atoms with Gasteiger partial charge in [-0.2, -0.15) is 13.2 Å². The second-order valence-electron chi connectivity index (χ2n) is 5.00. The zero-order chi connectivity index (χ0) is 19.2. The fraction of sp³-hybridized carbons (Fsp3) is 0.188. The summed E-state index contributed by atoms with van der Waals surface area (Å²) in [6.07, 6.45) is -3.33. The molecule has 0 spiro atoms. The van der Waals surface area contributed by atoms with Crippen molar-refractivity contribution < 1.29 is 27.5 Å². The smallest absolute Gasteiger partial charge is 0.422 e. The largest absolute Gasteiger partial charge is 0.468 e. The Bertz CT molecular complexity index is 782. The molecule has 10 heteroatoms. The van der Waals surface area contributed by atoms with E-state index in [-0.39, 0.29) is 28.7 Å². The van der Waals surface area contributed by atoms with Gasteiger partial charge in [-0.05, 0) is 18.2 Å². The molecule has 1 aromatic carbocycles. The number of nitrogens with one attached hydrogen (secondary N) is 2. The molecule has 2 amide bonds.